The van der Waals surface area contributed by atoms with E-state index in [4.69, 9.17) is 14.2 Å². The number of rotatable bonds is 10. The first kappa shape index (κ1) is 55.7. The van der Waals surface area contributed by atoms with Gasteiger partial charge in [-0.3, -0.25) is 9.59 Å². The van der Waals surface area contributed by atoms with E-state index < -0.39 is 29.8 Å². The number of methoxy groups -OCH3 is 1. The molecule has 6 aliphatic rings. The standard InChI is InChI=1S/C69H76N4O11/c1-39(75)55-19-21-64(73-58-22-25-70-57(58)36-59(73)41-8-7-9-43(76)29-41)69(72-55)24-23-68(38-69)37-42-30-53-50-34-61(80)62(82-2)35-51(50)52(66(42)49-18-16-44(77)33-54(49)68)32-45(78)31-46(17-14-40-15-20-60(79)63(28-40)83-27-26-74)84-65(81)13-6-4-11-48-47-10-3-5-12-56(47)71-67(48)53/h3,5,7-10,12,15,20,22,25,28-30,34-36,39,42,44,46,49,52,54-55,64,66,70-72,74-77,79-80H,11,13-14,16-19,21,23-24,26-27,31-33,37-38H2,1-2H3/t39-,42-,44+,46+,49+,52+,54-,55-,64+,66+,68-,69-/m0/s1. The second-order valence-corrected chi connectivity index (χ2v) is 25.2. The van der Waals surface area contributed by atoms with Crippen LogP contribution in [0.15, 0.2) is 103 Å². The predicted molar refractivity (Wildman–Crippen MR) is 320 cm³/mol. The normalized spacial score (nSPS) is 29.1. The molecular formula is C69H76N4O11. The maximum atomic E-state index is 15.5. The van der Waals surface area contributed by atoms with E-state index in [9.17, 15) is 35.4 Å². The van der Waals surface area contributed by atoms with Crippen molar-refractivity contribution in [2.24, 2.45) is 29.1 Å². The lowest BCUT2D eigenvalue weighted by molar-refractivity contribution is -0.149. The molecule has 12 atom stereocenters. The molecular weight excluding hydrogens is 1060 g/mol. The quantitative estimate of drug-likeness (QED) is 0.0460. The minimum atomic E-state index is -0.802. The molecule has 2 aliphatic heterocycles. The Labute approximate surface area is 489 Å². The number of ketones is 1. The van der Waals surface area contributed by atoms with Crippen LogP contribution in [0, 0.1) is 40.9 Å². The van der Waals surface area contributed by atoms with Crippen molar-refractivity contribution in [3.8, 4) is 51.8 Å². The van der Waals surface area contributed by atoms with Crippen molar-refractivity contribution >= 4 is 39.3 Å². The lowest BCUT2D eigenvalue weighted by Gasteiger charge is -2.58. The number of benzene rings is 4. The Morgan fingerprint density at radius 2 is 1.74 bits per heavy atom. The number of hydrogen-bond acceptors (Lipinski definition) is 12. The van der Waals surface area contributed by atoms with Crippen molar-refractivity contribution in [1.82, 2.24) is 19.9 Å². The van der Waals surface area contributed by atoms with Crippen molar-refractivity contribution in [3.05, 3.63) is 131 Å². The number of ether oxygens (including phenoxy) is 3. The van der Waals surface area contributed by atoms with E-state index in [0.717, 1.165) is 112 Å². The molecule has 0 unspecified atom stereocenters. The molecule has 13 rings (SSSR count). The number of aromatic nitrogens is 3. The van der Waals surface area contributed by atoms with Crippen LogP contribution in [0.3, 0.4) is 0 Å². The average Bonchev–Trinajstić information content (AvgIpc) is 1.94. The van der Waals surface area contributed by atoms with E-state index in [2.05, 4.69) is 68.1 Å². The molecule has 3 aromatic heterocycles. The molecule has 15 heteroatoms. The van der Waals surface area contributed by atoms with Gasteiger partial charge in [-0.2, -0.15) is 0 Å². The maximum absolute atomic E-state index is 15.5. The van der Waals surface area contributed by atoms with E-state index in [0.29, 0.717) is 37.9 Å². The van der Waals surface area contributed by atoms with Gasteiger partial charge in [0.15, 0.2) is 23.0 Å². The number of allylic oxidation sites excluding steroid dienone is 1. The van der Waals surface area contributed by atoms with E-state index >= 15 is 4.79 Å². The number of aryl methyl sites for hydroxylation is 1. The molecule has 15 nitrogen and oxygen atoms in total. The Hall–Kier alpha value is -7.48. The molecule has 84 heavy (non-hydrogen) atoms. The molecule has 4 aliphatic carbocycles. The first-order valence-corrected chi connectivity index (χ1v) is 30.3. The molecule has 1 saturated heterocycles. The number of cyclic esters (lactones) is 1. The number of H-pyrrole nitrogens is 2. The van der Waals surface area contributed by atoms with Crippen LogP contribution in [0.2, 0.25) is 0 Å². The number of aliphatic hydroxyl groups is 3. The molecule has 438 valence electrons. The number of Topliss-reactive ketones (excluding diaryl/α,β-unsaturated/α-hetero) is 1. The third-order valence-corrected chi connectivity index (χ3v) is 20.4. The highest BCUT2D eigenvalue weighted by molar-refractivity contribution is 5.94. The molecule has 4 fully saturated rings. The second-order valence-electron chi connectivity index (χ2n) is 25.2. The monoisotopic (exact) mass is 1140 g/mol. The van der Waals surface area contributed by atoms with Gasteiger partial charge in [-0.1, -0.05) is 54.3 Å². The van der Waals surface area contributed by atoms with E-state index in [1.54, 1.807) is 25.3 Å². The number of nitrogens with zero attached hydrogens (tertiary/aromatic N) is 1. The van der Waals surface area contributed by atoms with Crippen LogP contribution in [0.5, 0.6) is 28.7 Å². The summed E-state index contributed by atoms with van der Waals surface area (Å²) in [6.45, 7) is 1.67. The molecule has 0 radical (unpaired) electrons. The summed E-state index contributed by atoms with van der Waals surface area (Å²) in [5.74, 6) is 6.04. The highest BCUT2D eigenvalue weighted by Gasteiger charge is 2.64. The summed E-state index contributed by atoms with van der Waals surface area (Å²) in [5, 5.41) is 71.6. The minimum Gasteiger partial charge on any atom is -0.508 e. The molecule has 5 heterocycles. The summed E-state index contributed by atoms with van der Waals surface area (Å²) in [6.07, 6.45) is 10.3. The van der Waals surface area contributed by atoms with E-state index in [-0.39, 0.29) is 108 Å². The van der Waals surface area contributed by atoms with Crippen molar-refractivity contribution in [2.75, 3.05) is 20.3 Å². The number of aromatic hydroxyl groups is 3. The number of aromatic amines is 2. The predicted octanol–water partition coefficient (Wildman–Crippen LogP) is 10.7. The van der Waals surface area contributed by atoms with Crippen LogP contribution >= 0.6 is 0 Å². The number of nitrogens with one attached hydrogen (secondary N) is 3. The number of esters is 1. The van der Waals surface area contributed by atoms with Crippen molar-refractivity contribution in [1.29, 1.82) is 0 Å². The number of phenols is 3. The first-order valence-electron chi connectivity index (χ1n) is 30.3. The maximum Gasteiger partial charge on any atom is 0.318 e. The van der Waals surface area contributed by atoms with Gasteiger partial charge in [-0.05, 0) is 189 Å². The van der Waals surface area contributed by atoms with Crippen molar-refractivity contribution < 1.29 is 54.4 Å². The molecule has 0 amide bonds. The van der Waals surface area contributed by atoms with Crippen molar-refractivity contribution in [2.45, 2.75) is 145 Å². The van der Waals surface area contributed by atoms with Crippen LogP contribution in [-0.4, -0.2) is 107 Å². The molecule has 9 N–H and O–H groups in total. The summed E-state index contributed by atoms with van der Waals surface area (Å²) in [6, 6.07) is 28.6. The SMILES string of the molecule is COc1cc2c(cc1O)C1=C[C@H]3C[C@]4(CC[C@@]5(C4)N[C@H]([C@H](C)O)CC[C@H]5n4c(-c5cccc(O)c5)cc5[nH]ccc54)[C@H]4C[C@H](O)CC[C@H]4[C@@H]3[C@@H]2CC(=O)C[C@@H](CCc2ccc(O)c(OCCO)c2)OC(=O)CC#CCc2c1[nH]c1ccccc21. The fourth-order valence-corrected chi connectivity index (χ4v) is 17.0. The van der Waals surface area contributed by atoms with E-state index in [1.807, 2.05) is 49.5 Å². The number of carbonyl (C=O) groups excluding carboxylic acids is 2. The molecule has 7 aromatic rings. The van der Waals surface area contributed by atoms with Gasteiger partial charge in [0.2, 0.25) is 0 Å². The van der Waals surface area contributed by atoms with Crippen LogP contribution < -0.4 is 14.8 Å². The summed E-state index contributed by atoms with van der Waals surface area (Å²) in [7, 11) is 1.55. The second kappa shape index (κ2) is 22.5. The molecule has 2 spiro atoms. The van der Waals surface area contributed by atoms with Crippen LogP contribution in [0.1, 0.15) is 130 Å². The molecule has 2 bridgehead atoms. The van der Waals surface area contributed by atoms with Crippen LogP contribution in [0.25, 0.3) is 38.8 Å². The van der Waals surface area contributed by atoms with Gasteiger partial charge in [0.1, 0.15) is 30.7 Å². The largest absolute Gasteiger partial charge is 0.508 e. The lowest BCUT2D eigenvalue weighted by atomic mass is 9.47. The Kier molecular flexibility index (Phi) is 14.9. The zero-order valence-electron chi connectivity index (χ0n) is 47.8. The van der Waals surface area contributed by atoms with Gasteiger partial charge >= 0.3 is 5.97 Å². The fraction of sp³-hybridized carbons (Fsp3) is 0.449. The molecule has 3 saturated carbocycles. The minimum absolute atomic E-state index is 0.00424. The number of aliphatic hydroxyl groups excluding tert-OH is 3. The number of carbonyl (C=O) groups is 2. The molecule has 4 aromatic carbocycles. The zero-order valence-corrected chi connectivity index (χ0v) is 47.8. The lowest BCUT2D eigenvalue weighted by Crippen LogP contribution is -2.61. The van der Waals surface area contributed by atoms with Crippen LogP contribution in [-0.2, 0) is 27.2 Å². The van der Waals surface area contributed by atoms with Crippen molar-refractivity contribution in [3.63, 3.8) is 0 Å². The van der Waals surface area contributed by atoms with Gasteiger partial charge < -0.3 is 64.7 Å². The fourth-order valence-electron chi connectivity index (χ4n) is 17.0. The van der Waals surface area contributed by atoms with Gasteiger partial charge in [0.25, 0.3) is 0 Å². The number of piperidine rings is 1. The Bertz CT molecular complexity index is 3750. The Morgan fingerprint density at radius 3 is 2.57 bits per heavy atom. The number of hydrogen-bond donors (Lipinski definition) is 9. The van der Waals surface area contributed by atoms with E-state index in [1.165, 1.54) is 6.07 Å². The number of phenolic OH excluding ortho intramolecular Hbond substituents is 3. The van der Waals surface area contributed by atoms with Gasteiger partial charge in [0, 0.05) is 59.1 Å². The summed E-state index contributed by atoms with van der Waals surface area (Å²) >= 11 is 0. The third kappa shape index (κ3) is 10.1. The zero-order chi connectivity index (χ0) is 58.0. The van der Waals surface area contributed by atoms with Gasteiger partial charge in [0.05, 0.1) is 54.4 Å². The first-order chi connectivity index (χ1) is 40.7. The highest BCUT2D eigenvalue weighted by Crippen LogP contribution is 2.69. The topological polar surface area (TPSA) is 232 Å². The van der Waals surface area contributed by atoms with Crippen LogP contribution in [0.4, 0.5) is 0 Å². The summed E-state index contributed by atoms with van der Waals surface area (Å²) < 4.78 is 20.3. The highest BCUT2D eigenvalue weighted by atomic mass is 16.5. The number of para-hydroxylation sites is 1. The third-order valence-electron chi connectivity index (χ3n) is 20.4. The Balaban J connectivity index is 0.959. The Morgan fingerprint density at radius 1 is 0.881 bits per heavy atom. The number of fused-ring (bicyclic) bond motifs is 10. The average molecular weight is 1140 g/mol. The smallest absolute Gasteiger partial charge is 0.318 e. The summed E-state index contributed by atoms with van der Waals surface area (Å²) in [4.78, 5) is 36.6. The summed E-state index contributed by atoms with van der Waals surface area (Å²) in [5.41, 5.74) is 9.39. The van der Waals surface area contributed by atoms with Gasteiger partial charge in [-0.15, -0.1) is 0 Å². The van der Waals surface area contributed by atoms with Gasteiger partial charge in [-0.25, -0.2) is 0 Å².